The van der Waals surface area contributed by atoms with E-state index in [0.29, 0.717) is 19.6 Å². The number of nitrogens with two attached hydrogens (primary N) is 1. The van der Waals surface area contributed by atoms with Gasteiger partial charge in [0, 0.05) is 12.1 Å². The summed E-state index contributed by atoms with van der Waals surface area (Å²) in [4.78, 5) is 11.2. The first kappa shape index (κ1) is 17.1. The lowest BCUT2D eigenvalue weighted by atomic mass is 10.1. The minimum absolute atomic E-state index is 0.120. The van der Waals surface area contributed by atoms with Gasteiger partial charge in [-0.1, -0.05) is 6.08 Å². The molecule has 0 spiro atoms. The highest BCUT2D eigenvalue weighted by Gasteiger charge is 2.04. The van der Waals surface area contributed by atoms with Crippen LogP contribution >= 0.6 is 0 Å². The Morgan fingerprint density at radius 3 is 2.86 bits per heavy atom. The molecule has 21 heavy (non-hydrogen) atoms. The van der Waals surface area contributed by atoms with E-state index in [1.807, 2.05) is 31.2 Å². The molecule has 0 saturated heterocycles. The van der Waals surface area contributed by atoms with E-state index in [4.69, 9.17) is 15.2 Å². The maximum atomic E-state index is 11.2. The van der Waals surface area contributed by atoms with Crippen molar-refractivity contribution in [1.29, 1.82) is 0 Å². The lowest BCUT2D eigenvalue weighted by molar-refractivity contribution is -0.143. The van der Waals surface area contributed by atoms with Crippen molar-refractivity contribution in [2.24, 2.45) is 0 Å². The Kier molecular flexibility index (Phi) is 8.02. The highest BCUT2D eigenvalue weighted by molar-refractivity contribution is 5.69. The van der Waals surface area contributed by atoms with Crippen LogP contribution in [-0.4, -0.2) is 19.2 Å². The van der Waals surface area contributed by atoms with Crippen molar-refractivity contribution in [2.75, 3.05) is 18.9 Å². The Morgan fingerprint density at radius 2 is 2.14 bits per heavy atom. The molecular formula is C17H25NO3. The van der Waals surface area contributed by atoms with E-state index in [9.17, 15) is 4.79 Å². The van der Waals surface area contributed by atoms with Gasteiger partial charge in [-0.15, -0.1) is 6.58 Å². The summed E-state index contributed by atoms with van der Waals surface area (Å²) in [6, 6.07) is 5.65. The minimum Gasteiger partial charge on any atom is -0.493 e. The van der Waals surface area contributed by atoms with Gasteiger partial charge in [0.25, 0.3) is 0 Å². The third kappa shape index (κ3) is 6.84. The van der Waals surface area contributed by atoms with Crippen LogP contribution in [0.5, 0.6) is 5.75 Å². The van der Waals surface area contributed by atoms with Crippen LogP contribution in [0.1, 0.15) is 38.2 Å². The topological polar surface area (TPSA) is 61.5 Å². The Hall–Kier alpha value is -1.97. The summed E-state index contributed by atoms with van der Waals surface area (Å²) in [7, 11) is 0. The molecule has 0 aromatic heterocycles. The van der Waals surface area contributed by atoms with Crippen LogP contribution in [0.15, 0.2) is 30.9 Å². The van der Waals surface area contributed by atoms with Gasteiger partial charge in [0.2, 0.25) is 0 Å². The number of rotatable bonds is 10. The van der Waals surface area contributed by atoms with E-state index < -0.39 is 0 Å². The Balaban J connectivity index is 2.26. The van der Waals surface area contributed by atoms with Gasteiger partial charge in [-0.2, -0.15) is 0 Å². The van der Waals surface area contributed by atoms with Crippen molar-refractivity contribution in [3.8, 4) is 5.75 Å². The molecule has 1 rings (SSSR count). The normalized spacial score (nSPS) is 10.1. The predicted molar refractivity (Wildman–Crippen MR) is 85.4 cm³/mol. The molecule has 0 radical (unpaired) electrons. The maximum Gasteiger partial charge on any atom is 0.305 e. The van der Waals surface area contributed by atoms with E-state index in [1.54, 1.807) is 0 Å². The number of anilines is 1. The lowest BCUT2D eigenvalue weighted by Gasteiger charge is -2.11. The highest BCUT2D eigenvalue weighted by atomic mass is 16.5. The first-order valence-corrected chi connectivity index (χ1v) is 7.45. The van der Waals surface area contributed by atoms with Gasteiger partial charge in [0.1, 0.15) is 5.75 Å². The van der Waals surface area contributed by atoms with Crippen molar-refractivity contribution >= 4 is 11.7 Å². The standard InChI is InChI=1S/C17H25NO3/c1-3-8-14-13-15(18)10-11-16(14)21-12-7-5-6-9-17(19)20-4-2/h3,10-11,13H,1,4-9,12,18H2,2H3. The zero-order valence-corrected chi connectivity index (χ0v) is 12.8. The number of benzene rings is 1. The molecule has 4 nitrogen and oxygen atoms in total. The summed E-state index contributed by atoms with van der Waals surface area (Å²) in [5.41, 5.74) is 7.55. The molecule has 0 aliphatic carbocycles. The van der Waals surface area contributed by atoms with Crippen LogP contribution in [0.3, 0.4) is 0 Å². The number of hydrogen-bond donors (Lipinski definition) is 1. The molecule has 1 aromatic rings. The second-order valence-electron chi connectivity index (χ2n) is 4.82. The zero-order chi connectivity index (χ0) is 15.5. The minimum atomic E-state index is -0.120. The molecule has 0 aliphatic heterocycles. The molecular weight excluding hydrogens is 266 g/mol. The summed E-state index contributed by atoms with van der Waals surface area (Å²) in [5, 5.41) is 0. The summed E-state index contributed by atoms with van der Waals surface area (Å²) >= 11 is 0. The molecule has 4 heteroatoms. The predicted octanol–water partition coefficient (Wildman–Crippen LogP) is 3.50. The number of carbonyl (C=O) groups excluding carboxylic acids is 1. The molecule has 0 heterocycles. The summed E-state index contributed by atoms with van der Waals surface area (Å²) in [6.45, 7) is 6.64. The number of unbranched alkanes of at least 4 members (excludes halogenated alkanes) is 2. The van der Waals surface area contributed by atoms with Crippen molar-refractivity contribution in [3.63, 3.8) is 0 Å². The Morgan fingerprint density at radius 1 is 1.33 bits per heavy atom. The lowest BCUT2D eigenvalue weighted by Crippen LogP contribution is -2.04. The van der Waals surface area contributed by atoms with Crippen molar-refractivity contribution < 1.29 is 14.3 Å². The fourth-order valence-electron chi connectivity index (χ4n) is 2.02. The van der Waals surface area contributed by atoms with Crippen LogP contribution in [0.2, 0.25) is 0 Å². The number of esters is 1. The molecule has 0 unspecified atom stereocenters. The highest BCUT2D eigenvalue weighted by Crippen LogP contribution is 2.22. The molecule has 0 saturated carbocycles. The fourth-order valence-corrected chi connectivity index (χ4v) is 2.02. The average molecular weight is 291 g/mol. The van der Waals surface area contributed by atoms with Crippen LogP contribution in [-0.2, 0) is 16.0 Å². The molecule has 0 bridgehead atoms. The first-order valence-electron chi connectivity index (χ1n) is 7.45. The fraction of sp³-hybridized carbons (Fsp3) is 0.471. The largest absolute Gasteiger partial charge is 0.493 e. The number of hydrogen-bond acceptors (Lipinski definition) is 4. The maximum absolute atomic E-state index is 11.2. The van der Waals surface area contributed by atoms with Gasteiger partial charge in [0.05, 0.1) is 13.2 Å². The smallest absolute Gasteiger partial charge is 0.305 e. The summed E-state index contributed by atoms with van der Waals surface area (Å²) < 4.78 is 10.7. The van der Waals surface area contributed by atoms with Gasteiger partial charge in [-0.25, -0.2) is 0 Å². The third-order valence-corrected chi connectivity index (χ3v) is 3.04. The van der Waals surface area contributed by atoms with E-state index in [1.165, 1.54) is 0 Å². The summed E-state index contributed by atoms with van der Waals surface area (Å²) in [5.74, 6) is 0.736. The molecule has 1 aromatic carbocycles. The van der Waals surface area contributed by atoms with Gasteiger partial charge >= 0.3 is 5.97 Å². The van der Waals surface area contributed by atoms with Gasteiger partial charge < -0.3 is 15.2 Å². The van der Waals surface area contributed by atoms with Crippen LogP contribution in [0, 0.1) is 0 Å². The number of allylic oxidation sites excluding steroid dienone is 1. The third-order valence-electron chi connectivity index (χ3n) is 3.04. The second kappa shape index (κ2) is 9.86. The van der Waals surface area contributed by atoms with Crippen LogP contribution in [0.4, 0.5) is 5.69 Å². The van der Waals surface area contributed by atoms with Crippen molar-refractivity contribution in [1.82, 2.24) is 0 Å². The summed E-state index contributed by atoms with van der Waals surface area (Å²) in [6.07, 6.45) is 5.76. The Bertz CT molecular complexity index is 457. The molecule has 0 aliphatic rings. The SMILES string of the molecule is C=CCc1cc(N)ccc1OCCCCCC(=O)OCC. The second-order valence-corrected chi connectivity index (χ2v) is 4.82. The molecule has 0 fully saturated rings. The Labute approximate surface area is 126 Å². The monoisotopic (exact) mass is 291 g/mol. The van der Waals surface area contributed by atoms with Crippen molar-refractivity contribution in [3.05, 3.63) is 36.4 Å². The molecule has 2 N–H and O–H groups in total. The van der Waals surface area contributed by atoms with Crippen LogP contribution < -0.4 is 10.5 Å². The van der Waals surface area contributed by atoms with E-state index in [2.05, 4.69) is 6.58 Å². The van der Waals surface area contributed by atoms with Gasteiger partial charge in [-0.3, -0.25) is 4.79 Å². The van der Waals surface area contributed by atoms with E-state index in [0.717, 1.165) is 42.7 Å². The first-order chi connectivity index (χ1) is 10.2. The molecule has 0 amide bonds. The molecule has 116 valence electrons. The quantitative estimate of drug-likeness (QED) is 0.310. The average Bonchev–Trinajstić information content (AvgIpc) is 2.45. The molecule has 0 atom stereocenters. The van der Waals surface area contributed by atoms with Crippen LogP contribution in [0.25, 0.3) is 0 Å². The zero-order valence-electron chi connectivity index (χ0n) is 12.8. The van der Waals surface area contributed by atoms with E-state index >= 15 is 0 Å². The number of carbonyl (C=O) groups is 1. The van der Waals surface area contributed by atoms with Gasteiger partial charge in [-0.05, 0) is 56.4 Å². The van der Waals surface area contributed by atoms with E-state index in [-0.39, 0.29) is 5.97 Å². The number of nitrogen functional groups attached to an aromatic ring is 1. The number of ether oxygens (including phenoxy) is 2. The van der Waals surface area contributed by atoms with Crippen molar-refractivity contribution in [2.45, 2.75) is 39.0 Å². The van der Waals surface area contributed by atoms with Gasteiger partial charge in [0.15, 0.2) is 0 Å².